The van der Waals surface area contributed by atoms with Gasteiger partial charge in [0.2, 0.25) is 0 Å². The molecular formula is C25H29N3O4. The lowest BCUT2D eigenvalue weighted by molar-refractivity contribution is 0.106. The molecule has 0 spiro atoms. The van der Waals surface area contributed by atoms with Crippen molar-refractivity contribution in [1.82, 2.24) is 10.3 Å². The SMILES string of the molecule is NCCOc1ccccc1OCCNCC(O)COc1cccc2[nH]c3ccccc3c12. The smallest absolute Gasteiger partial charge is 0.161 e. The van der Waals surface area contributed by atoms with E-state index in [4.69, 9.17) is 19.9 Å². The molecule has 3 aromatic carbocycles. The molecule has 0 radical (unpaired) electrons. The number of H-pyrrole nitrogens is 1. The number of nitrogens with one attached hydrogen (secondary N) is 2. The molecule has 5 N–H and O–H groups in total. The molecule has 1 atom stereocenters. The van der Waals surface area contributed by atoms with Gasteiger partial charge in [0.25, 0.3) is 0 Å². The van der Waals surface area contributed by atoms with Crippen LogP contribution >= 0.6 is 0 Å². The zero-order valence-electron chi connectivity index (χ0n) is 17.9. The largest absolute Gasteiger partial charge is 0.490 e. The molecule has 1 unspecified atom stereocenters. The molecule has 168 valence electrons. The fourth-order valence-electron chi connectivity index (χ4n) is 3.59. The predicted octanol–water partition coefficient (Wildman–Crippen LogP) is 3.07. The number of hydrogen-bond acceptors (Lipinski definition) is 6. The summed E-state index contributed by atoms with van der Waals surface area (Å²) in [5.41, 5.74) is 7.57. The number of aromatic nitrogens is 1. The van der Waals surface area contributed by atoms with Crippen molar-refractivity contribution in [2.75, 3.05) is 39.5 Å². The second kappa shape index (κ2) is 10.9. The van der Waals surface area contributed by atoms with Crippen molar-refractivity contribution in [3.63, 3.8) is 0 Å². The van der Waals surface area contributed by atoms with Gasteiger partial charge in [-0.2, -0.15) is 0 Å². The van der Waals surface area contributed by atoms with Crippen molar-refractivity contribution >= 4 is 21.8 Å². The normalized spacial score (nSPS) is 12.2. The van der Waals surface area contributed by atoms with E-state index >= 15 is 0 Å². The Balaban J connectivity index is 1.23. The third-order valence-electron chi connectivity index (χ3n) is 5.06. The summed E-state index contributed by atoms with van der Waals surface area (Å²) >= 11 is 0. The molecule has 0 bridgehead atoms. The van der Waals surface area contributed by atoms with Crippen LogP contribution in [0.2, 0.25) is 0 Å². The second-order valence-corrected chi connectivity index (χ2v) is 7.45. The van der Waals surface area contributed by atoms with Crippen LogP contribution in [0.4, 0.5) is 0 Å². The number of hydrogen-bond donors (Lipinski definition) is 4. The summed E-state index contributed by atoms with van der Waals surface area (Å²) in [7, 11) is 0. The van der Waals surface area contributed by atoms with Gasteiger partial charge in [-0.05, 0) is 30.3 Å². The summed E-state index contributed by atoms with van der Waals surface area (Å²) in [4.78, 5) is 3.40. The first-order valence-electron chi connectivity index (χ1n) is 10.8. The summed E-state index contributed by atoms with van der Waals surface area (Å²) < 4.78 is 17.3. The number of aliphatic hydroxyl groups excluding tert-OH is 1. The summed E-state index contributed by atoms with van der Waals surface area (Å²) in [5, 5.41) is 15.7. The topological polar surface area (TPSA) is 102 Å². The van der Waals surface area contributed by atoms with Gasteiger partial charge in [-0.3, -0.25) is 0 Å². The predicted molar refractivity (Wildman–Crippen MR) is 127 cm³/mol. The highest BCUT2D eigenvalue weighted by Gasteiger charge is 2.11. The molecule has 0 amide bonds. The van der Waals surface area contributed by atoms with E-state index in [2.05, 4.69) is 16.4 Å². The van der Waals surface area contributed by atoms with Crippen molar-refractivity contribution in [2.45, 2.75) is 6.10 Å². The highest BCUT2D eigenvalue weighted by molar-refractivity contribution is 6.10. The van der Waals surface area contributed by atoms with Crippen molar-refractivity contribution in [3.05, 3.63) is 66.7 Å². The molecule has 0 aliphatic rings. The zero-order valence-corrected chi connectivity index (χ0v) is 17.9. The molecule has 4 rings (SSSR count). The van der Waals surface area contributed by atoms with Gasteiger partial charge in [-0.15, -0.1) is 0 Å². The Kier molecular flexibility index (Phi) is 7.45. The number of rotatable bonds is 12. The number of nitrogens with two attached hydrogens (primary N) is 1. The minimum atomic E-state index is -0.643. The number of fused-ring (bicyclic) bond motifs is 3. The monoisotopic (exact) mass is 435 g/mol. The fraction of sp³-hybridized carbons (Fsp3) is 0.280. The Morgan fingerprint density at radius 2 is 1.50 bits per heavy atom. The van der Waals surface area contributed by atoms with Crippen LogP contribution < -0.4 is 25.3 Å². The van der Waals surface area contributed by atoms with Gasteiger partial charge in [0.15, 0.2) is 11.5 Å². The van der Waals surface area contributed by atoms with E-state index < -0.39 is 6.10 Å². The summed E-state index contributed by atoms with van der Waals surface area (Å²) in [6, 6.07) is 21.5. The number of para-hydroxylation sites is 3. The van der Waals surface area contributed by atoms with Crippen molar-refractivity contribution in [1.29, 1.82) is 0 Å². The van der Waals surface area contributed by atoms with E-state index in [0.29, 0.717) is 44.3 Å². The highest BCUT2D eigenvalue weighted by Crippen LogP contribution is 2.33. The lowest BCUT2D eigenvalue weighted by Crippen LogP contribution is -2.33. The highest BCUT2D eigenvalue weighted by atomic mass is 16.5. The molecule has 7 nitrogen and oxygen atoms in total. The van der Waals surface area contributed by atoms with Crippen molar-refractivity contribution in [2.24, 2.45) is 5.73 Å². The van der Waals surface area contributed by atoms with Crippen LogP contribution in [0.15, 0.2) is 66.7 Å². The van der Waals surface area contributed by atoms with Gasteiger partial charge >= 0.3 is 0 Å². The van der Waals surface area contributed by atoms with E-state index in [1.807, 2.05) is 60.7 Å². The second-order valence-electron chi connectivity index (χ2n) is 7.45. The van der Waals surface area contributed by atoms with Gasteiger partial charge < -0.3 is 35.4 Å². The fourth-order valence-corrected chi connectivity index (χ4v) is 3.59. The maximum absolute atomic E-state index is 10.3. The first-order valence-corrected chi connectivity index (χ1v) is 10.8. The van der Waals surface area contributed by atoms with Gasteiger partial charge in [-0.25, -0.2) is 0 Å². The van der Waals surface area contributed by atoms with Crippen molar-refractivity contribution in [3.8, 4) is 17.2 Å². The van der Waals surface area contributed by atoms with E-state index in [9.17, 15) is 5.11 Å². The maximum atomic E-state index is 10.3. The van der Waals surface area contributed by atoms with Gasteiger partial charge in [0.1, 0.15) is 31.7 Å². The molecule has 0 aliphatic heterocycles. The van der Waals surface area contributed by atoms with Crippen LogP contribution in [0.5, 0.6) is 17.2 Å². The van der Waals surface area contributed by atoms with E-state index in [1.165, 1.54) is 0 Å². The molecule has 0 fully saturated rings. The van der Waals surface area contributed by atoms with Crippen molar-refractivity contribution < 1.29 is 19.3 Å². The molecule has 1 aromatic heterocycles. The lowest BCUT2D eigenvalue weighted by atomic mass is 10.1. The van der Waals surface area contributed by atoms with Gasteiger partial charge in [0, 0.05) is 35.9 Å². The van der Waals surface area contributed by atoms with E-state index in [0.717, 1.165) is 27.6 Å². The summed E-state index contributed by atoms with van der Waals surface area (Å²) in [5.74, 6) is 2.12. The number of aromatic amines is 1. The quantitative estimate of drug-likeness (QED) is 0.255. The third-order valence-corrected chi connectivity index (χ3v) is 5.06. The average Bonchev–Trinajstić information content (AvgIpc) is 3.21. The molecule has 1 heterocycles. The molecule has 4 aromatic rings. The number of aliphatic hydroxyl groups is 1. The summed E-state index contributed by atoms with van der Waals surface area (Å²) in [6.07, 6.45) is -0.643. The Morgan fingerprint density at radius 3 is 2.31 bits per heavy atom. The third kappa shape index (κ3) is 5.31. The minimum absolute atomic E-state index is 0.197. The van der Waals surface area contributed by atoms with Crippen LogP contribution in [0, 0.1) is 0 Å². The molecular weight excluding hydrogens is 406 g/mol. The first kappa shape index (κ1) is 22.0. The molecule has 7 heteroatoms. The van der Waals surface area contributed by atoms with Crippen LogP contribution in [0.1, 0.15) is 0 Å². The Morgan fingerprint density at radius 1 is 0.812 bits per heavy atom. The lowest BCUT2D eigenvalue weighted by Gasteiger charge is -2.15. The first-order chi connectivity index (χ1) is 15.8. The minimum Gasteiger partial charge on any atom is -0.490 e. The molecule has 32 heavy (non-hydrogen) atoms. The maximum Gasteiger partial charge on any atom is 0.161 e. The van der Waals surface area contributed by atoms with Crippen LogP contribution in [-0.4, -0.2) is 55.6 Å². The summed E-state index contributed by atoms with van der Waals surface area (Å²) in [6.45, 7) is 2.52. The molecule has 0 saturated carbocycles. The average molecular weight is 436 g/mol. The standard InChI is InChI=1S/C25H29N3O4/c26-12-14-30-22-9-3-4-10-23(22)31-15-13-27-16-18(29)17-32-24-11-5-8-21-25(24)19-6-1-2-7-20(19)28-21/h1-11,18,27-29H,12-17,26H2. The Labute approximate surface area is 187 Å². The number of ether oxygens (including phenoxy) is 3. The van der Waals surface area contributed by atoms with Crippen LogP contribution in [0.3, 0.4) is 0 Å². The van der Waals surface area contributed by atoms with E-state index in [1.54, 1.807) is 0 Å². The van der Waals surface area contributed by atoms with Gasteiger partial charge in [-0.1, -0.05) is 36.4 Å². The van der Waals surface area contributed by atoms with E-state index in [-0.39, 0.29) is 6.61 Å². The Bertz CT molecular complexity index is 1140. The zero-order chi connectivity index (χ0) is 22.2. The van der Waals surface area contributed by atoms with Crippen LogP contribution in [0.25, 0.3) is 21.8 Å². The van der Waals surface area contributed by atoms with Crippen LogP contribution in [-0.2, 0) is 0 Å². The molecule has 0 saturated heterocycles. The molecule has 0 aliphatic carbocycles. The number of benzene rings is 3. The Hall–Kier alpha value is -3.26. The van der Waals surface area contributed by atoms with Gasteiger partial charge in [0.05, 0.1) is 5.52 Å².